The van der Waals surface area contributed by atoms with Gasteiger partial charge in [0.2, 0.25) is 0 Å². The Bertz CT molecular complexity index is 643. The molecule has 1 aliphatic heterocycles. The van der Waals surface area contributed by atoms with Crippen LogP contribution in [0.15, 0.2) is 30.3 Å². The SMILES string of the molecule is CC1CC(NC2CC(N(CC(=O)O)CC3CC3)C2)CCN1Cc1ccccc1. The molecule has 3 aliphatic rings. The van der Waals surface area contributed by atoms with E-state index < -0.39 is 5.97 Å². The molecule has 154 valence electrons. The molecule has 5 nitrogen and oxygen atoms in total. The molecule has 2 N–H and O–H groups in total. The second kappa shape index (κ2) is 8.93. The number of nitrogens with one attached hydrogen (secondary N) is 1. The Morgan fingerprint density at radius 2 is 1.89 bits per heavy atom. The van der Waals surface area contributed by atoms with Crippen molar-refractivity contribution in [3.63, 3.8) is 0 Å². The van der Waals surface area contributed by atoms with Crippen molar-refractivity contribution in [2.75, 3.05) is 19.6 Å². The molecule has 2 saturated carbocycles. The summed E-state index contributed by atoms with van der Waals surface area (Å²) in [6.07, 6.45) is 7.19. The Hall–Kier alpha value is -1.43. The number of carboxylic acid groups (broad SMARTS) is 1. The van der Waals surface area contributed by atoms with Crippen molar-refractivity contribution < 1.29 is 9.90 Å². The zero-order chi connectivity index (χ0) is 19.5. The van der Waals surface area contributed by atoms with Gasteiger partial charge in [-0.05, 0) is 56.9 Å². The predicted molar refractivity (Wildman–Crippen MR) is 111 cm³/mol. The van der Waals surface area contributed by atoms with Crippen molar-refractivity contribution >= 4 is 5.97 Å². The van der Waals surface area contributed by atoms with Crippen LogP contribution >= 0.6 is 0 Å². The Kier molecular flexibility index (Phi) is 6.34. The smallest absolute Gasteiger partial charge is 0.317 e. The van der Waals surface area contributed by atoms with E-state index in [0.29, 0.717) is 24.2 Å². The molecule has 0 bridgehead atoms. The van der Waals surface area contributed by atoms with Crippen molar-refractivity contribution in [2.45, 2.75) is 76.2 Å². The summed E-state index contributed by atoms with van der Waals surface area (Å²) in [5.41, 5.74) is 1.40. The number of piperidine rings is 1. The summed E-state index contributed by atoms with van der Waals surface area (Å²) >= 11 is 0. The van der Waals surface area contributed by atoms with Gasteiger partial charge in [0.1, 0.15) is 0 Å². The molecule has 0 spiro atoms. The first-order valence-corrected chi connectivity index (χ1v) is 11.1. The topological polar surface area (TPSA) is 55.8 Å². The zero-order valence-electron chi connectivity index (χ0n) is 17.1. The van der Waals surface area contributed by atoms with Crippen LogP contribution < -0.4 is 5.32 Å². The number of nitrogens with zero attached hydrogens (tertiary/aromatic N) is 2. The van der Waals surface area contributed by atoms with Gasteiger partial charge in [0, 0.05) is 43.8 Å². The van der Waals surface area contributed by atoms with Gasteiger partial charge in [-0.25, -0.2) is 0 Å². The van der Waals surface area contributed by atoms with Crippen molar-refractivity contribution in [1.82, 2.24) is 15.1 Å². The van der Waals surface area contributed by atoms with E-state index in [9.17, 15) is 9.90 Å². The first-order chi connectivity index (χ1) is 13.6. The van der Waals surface area contributed by atoms with Gasteiger partial charge in [0.25, 0.3) is 0 Å². The van der Waals surface area contributed by atoms with Crippen LogP contribution in [-0.4, -0.2) is 64.7 Å². The highest BCUT2D eigenvalue weighted by Crippen LogP contribution is 2.34. The summed E-state index contributed by atoms with van der Waals surface area (Å²) in [5, 5.41) is 13.1. The molecule has 1 saturated heterocycles. The molecule has 3 fully saturated rings. The first kappa shape index (κ1) is 19.9. The quantitative estimate of drug-likeness (QED) is 0.684. The molecular weight excluding hydrogens is 350 g/mol. The van der Waals surface area contributed by atoms with E-state index in [1.807, 2.05) is 0 Å². The average Bonchev–Trinajstić information content (AvgIpc) is 3.44. The molecule has 0 radical (unpaired) electrons. The van der Waals surface area contributed by atoms with Gasteiger partial charge < -0.3 is 10.4 Å². The summed E-state index contributed by atoms with van der Waals surface area (Å²) in [7, 11) is 0. The van der Waals surface area contributed by atoms with Crippen LogP contribution in [0.2, 0.25) is 0 Å². The summed E-state index contributed by atoms with van der Waals surface area (Å²) in [6.45, 7) is 5.74. The lowest BCUT2D eigenvalue weighted by Gasteiger charge is -2.46. The lowest BCUT2D eigenvalue weighted by molar-refractivity contribution is -0.139. The van der Waals surface area contributed by atoms with Gasteiger partial charge in [0.05, 0.1) is 6.54 Å². The van der Waals surface area contributed by atoms with Gasteiger partial charge in [-0.1, -0.05) is 30.3 Å². The standard InChI is InChI=1S/C23H35N3O2/c1-17-11-20(9-10-25(17)14-18-5-3-2-4-6-18)24-21-12-22(13-21)26(16-23(27)28)15-19-7-8-19/h2-6,17,19-22,24H,7-16H2,1H3,(H,27,28). The number of benzene rings is 1. The van der Waals surface area contributed by atoms with Crippen LogP contribution in [0.5, 0.6) is 0 Å². The summed E-state index contributed by atoms with van der Waals surface area (Å²) < 4.78 is 0. The first-order valence-electron chi connectivity index (χ1n) is 11.1. The van der Waals surface area contributed by atoms with E-state index in [0.717, 1.165) is 38.4 Å². The molecule has 0 aromatic heterocycles. The van der Waals surface area contributed by atoms with Gasteiger partial charge in [0.15, 0.2) is 0 Å². The van der Waals surface area contributed by atoms with E-state index in [2.05, 4.69) is 52.4 Å². The molecule has 2 atom stereocenters. The molecule has 0 amide bonds. The molecular formula is C23H35N3O2. The zero-order valence-corrected chi connectivity index (χ0v) is 17.1. The Labute approximate surface area is 169 Å². The molecule has 1 aromatic carbocycles. The summed E-state index contributed by atoms with van der Waals surface area (Å²) in [5.74, 6) is 0.0674. The minimum absolute atomic E-state index is 0.211. The van der Waals surface area contributed by atoms with E-state index in [4.69, 9.17) is 0 Å². The summed E-state index contributed by atoms with van der Waals surface area (Å²) in [4.78, 5) is 16.0. The van der Waals surface area contributed by atoms with Gasteiger partial charge >= 0.3 is 5.97 Å². The third-order valence-corrected chi connectivity index (χ3v) is 6.87. The number of likely N-dealkylation sites (tertiary alicyclic amines) is 1. The molecule has 5 heteroatoms. The number of carbonyl (C=O) groups is 1. The third kappa shape index (κ3) is 5.34. The van der Waals surface area contributed by atoms with E-state index >= 15 is 0 Å². The van der Waals surface area contributed by atoms with Crippen molar-refractivity contribution in [3.8, 4) is 0 Å². The third-order valence-electron chi connectivity index (χ3n) is 6.87. The van der Waals surface area contributed by atoms with Gasteiger partial charge in [-0.3, -0.25) is 14.6 Å². The minimum Gasteiger partial charge on any atom is -0.480 e. The minimum atomic E-state index is -0.684. The Morgan fingerprint density at radius 3 is 2.54 bits per heavy atom. The van der Waals surface area contributed by atoms with Gasteiger partial charge in [-0.15, -0.1) is 0 Å². The van der Waals surface area contributed by atoms with Crippen LogP contribution in [0.25, 0.3) is 0 Å². The largest absolute Gasteiger partial charge is 0.480 e. The van der Waals surface area contributed by atoms with Crippen LogP contribution in [0.3, 0.4) is 0 Å². The number of hydrogen-bond donors (Lipinski definition) is 2. The van der Waals surface area contributed by atoms with Crippen LogP contribution in [-0.2, 0) is 11.3 Å². The second-order valence-corrected chi connectivity index (χ2v) is 9.28. The van der Waals surface area contributed by atoms with Crippen molar-refractivity contribution in [2.24, 2.45) is 5.92 Å². The predicted octanol–water partition coefficient (Wildman–Crippen LogP) is 2.96. The fraction of sp³-hybridized carbons (Fsp3) is 0.696. The molecule has 1 heterocycles. The summed E-state index contributed by atoms with van der Waals surface area (Å²) in [6, 6.07) is 13.0. The fourth-order valence-electron chi connectivity index (χ4n) is 4.93. The normalized spacial score (nSPS) is 30.9. The molecule has 2 aliphatic carbocycles. The van der Waals surface area contributed by atoms with Crippen LogP contribution in [0.4, 0.5) is 0 Å². The lowest BCUT2D eigenvalue weighted by Crippen LogP contribution is -2.58. The maximum Gasteiger partial charge on any atom is 0.317 e. The lowest BCUT2D eigenvalue weighted by atomic mass is 9.83. The molecule has 1 aromatic rings. The van der Waals surface area contributed by atoms with E-state index in [1.54, 1.807) is 0 Å². The highest BCUT2D eigenvalue weighted by Gasteiger charge is 2.38. The maximum atomic E-state index is 11.2. The number of carboxylic acids is 1. The number of hydrogen-bond acceptors (Lipinski definition) is 4. The number of aliphatic carboxylic acids is 1. The average molecular weight is 386 g/mol. The van der Waals surface area contributed by atoms with Gasteiger partial charge in [-0.2, -0.15) is 0 Å². The van der Waals surface area contributed by atoms with Crippen LogP contribution in [0, 0.1) is 5.92 Å². The fourth-order valence-corrected chi connectivity index (χ4v) is 4.93. The monoisotopic (exact) mass is 385 g/mol. The maximum absolute atomic E-state index is 11.2. The Morgan fingerprint density at radius 1 is 1.14 bits per heavy atom. The van der Waals surface area contributed by atoms with Crippen LogP contribution in [0.1, 0.15) is 51.0 Å². The highest BCUT2D eigenvalue weighted by molar-refractivity contribution is 5.69. The highest BCUT2D eigenvalue weighted by atomic mass is 16.4. The number of rotatable bonds is 9. The molecule has 28 heavy (non-hydrogen) atoms. The van der Waals surface area contributed by atoms with E-state index in [-0.39, 0.29) is 6.54 Å². The van der Waals surface area contributed by atoms with E-state index in [1.165, 1.54) is 31.2 Å². The molecule has 2 unspecified atom stereocenters. The van der Waals surface area contributed by atoms with Crippen molar-refractivity contribution in [1.29, 1.82) is 0 Å². The second-order valence-electron chi connectivity index (χ2n) is 9.28. The van der Waals surface area contributed by atoms with Crippen molar-refractivity contribution in [3.05, 3.63) is 35.9 Å². The Balaban J connectivity index is 1.19. The molecule has 4 rings (SSSR count).